The zero-order valence-corrected chi connectivity index (χ0v) is 11.8. The van der Waals surface area contributed by atoms with Crippen LogP contribution in [-0.2, 0) is 18.9 Å². The highest BCUT2D eigenvalue weighted by molar-refractivity contribution is 5.97. The lowest BCUT2D eigenvalue weighted by atomic mass is 10.3. The van der Waals surface area contributed by atoms with Gasteiger partial charge in [-0.15, -0.1) is 0 Å². The summed E-state index contributed by atoms with van der Waals surface area (Å²) in [6, 6.07) is 2.73. The number of aromatic carboxylic acids is 1. The third kappa shape index (κ3) is 2.64. The van der Waals surface area contributed by atoms with E-state index in [4.69, 9.17) is 5.11 Å². The van der Waals surface area contributed by atoms with Gasteiger partial charge in [0.2, 0.25) is 6.41 Å². The lowest BCUT2D eigenvalue weighted by Crippen LogP contribution is -2.25. The van der Waals surface area contributed by atoms with E-state index in [2.05, 4.69) is 5.32 Å². The highest BCUT2D eigenvalue weighted by Gasteiger charge is 2.23. The molecule has 0 unspecified atom stereocenters. The van der Waals surface area contributed by atoms with Crippen molar-refractivity contribution in [1.29, 1.82) is 0 Å². The summed E-state index contributed by atoms with van der Waals surface area (Å²) in [7, 11) is 3.12. The lowest BCUT2D eigenvalue weighted by Gasteiger charge is -2.17. The molecule has 2 rings (SSSR count). The molecule has 0 aliphatic heterocycles. The summed E-state index contributed by atoms with van der Waals surface area (Å²) in [6.45, 7) is 0. The summed E-state index contributed by atoms with van der Waals surface area (Å²) in [6.07, 6.45) is 2.15. The number of rotatable bonds is 5. The van der Waals surface area contributed by atoms with Crippen molar-refractivity contribution in [3.8, 4) is 0 Å². The number of carbonyl (C=O) groups excluding carboxylic acids is 1. The van der Waals surface area contributed by atoms with Gasteiger partial charge < -0.3 is 24.7 Å². The van der Waals surface area contributed by atoms with Crippen molar-refractivity contribution in [3.05, 3.63) is 30.2 Å². The number of aromatic nitrogens is 2. The van der Waals surface area contributed by atoms with Gasteiger partial charge in [-0.25, -0.2) is 14.5 Å². The van der Waals surface area contributed by atoms with E-state index in [0.717, 1.165) is 4.90 Å². The quantitative estimate of drug-likeness (QED) is 0.723. The van der Waals surface area contributed by atoms with E-state index < -0.39 is 12.1 Å². The maximum Gasteiger partial charge on any atom is 0.417 e. The fourth-order valence-corrected chi connectivity index (χ4v) is 2.14. The first-order chi connectivity index (χ1) is 10.3. The first-order valence-corrected chi connectivity index (χ1v) is 6.14. The topological polar surface area (TPSA) is 117 Å². The summed E-state index contributed by atoms with van der Waals surface area (Å²) < 4.78 is 2.83. The monoisotopic (exact) mass is 306 g/mol. The smallest absolute Gasteiger partial charge is 0.417 e. The van der Waals surface area contributed by atoms with Crippen LogP contribution >= 0.6 is 0 Å². The highest BCUT2D eigenvalue weighted by atomic mass is 16.4. The Bertz CT molecular complexity index is 746. The number of hydrogen-bond acceptors (Lipinski definition) is 3. The standard InChI is InChI=1S/C13H14N4O5/c1-15-6-9(4-10(15)12(19)20)17(13(21)22)11-3-8(14-7-18)5-16(11)2/h3-7H,1-2H3,(H,14,18)(H,19,20)(H,21,22). The summed E-state index contributed by atoms with van der Waals surface area (Å²) in [5, 5.41) is 20.9. The zero-order valence-electron chi connectivity index (χ0n) is 11.8. The molecule has 0 atom stereocenters. The maximum atomic E-state index is 11.6. The first kappa shape index (κ1) is 15.2. The summed E-state index contributed by atoms with van der Waals surface area (Å²) in [5.74, 6) is -0.895. The van der Waals surface area contributed by atoms with Crippen molar-refractivity contribution in [1.82, 2.24) is 9.13 Å². The van der Waals surface area contributed by atoms with E-state index in [9.17, 15) is 19.5 Å². The molecule has 22 heavy (non-hydrogen) atoms. The van der Waals surface area contributed by atoms with Crippen LogP contribution in [0.2, 0.25) is 0 Å². The molecular weight excluding hydrogens is 292 g/mol. The number of nitrogens with one attached hydrogen (secondary N) is 1. The normalized spacial score (nSPS) is 10.3. The Hall–Kier alpha value is -3.23. The maximum absolute atomic E-state index is 11.6. The molecule has 0 radical (unpaired) electrons. The molecule has 0 aromatic carbocycles. The molecule has 0 fully saturated rings. The summed E-state index contributed by atoms with van der Waals surface area (Å²) in [5.41, 5.74) is 0.570. The van der Waals surface area contributed by atoms with Crippen molar-refractivity contribution in [2.24, 2.45) is 14.1 Å². The van der Waals surface area contributed by atoms with E-state index in [1.807, 2.05) is 0 Å². The second kappa shape index (κ2) is 5.64. The largest absolute Gasteiger partial charge is 0.477 e. The van der Waals surface area contributed by atoms with Crippen LogP contribution in [0, 0.1) is 0 Å². The average Bonchev–Trinajstić information content (AvgIpc) is 2.95. The highest BCUT2D eigenvalue weighted by Crippen LogP contribution is 2.30. The van der Waals surface area contributed by atoms with E-state index in [1.54, 1.807) is 13.2 Å². The zero-order chi connectivity index (χ0) is 16.4. The van der Waals surface area contributed by atoms with Crippen LogP contribution in [-0.4, -0.2) is 37.8 Å². The third-order valence-corrected chi connectivity index (χ3v) is 3.09. The van der Waals surface area contributed by atoms with Crippen molar-refractivity contribution in [3.63, 3.8) is 0 Å². The number of carboxylic acid groups (broad SMARTS) is 2. The van der Waals surface area contributed by atoms with Crippen LogP contribution < -0.4 is 10.2 Å². The molecule has 9 heteroatoms. The minimum Gasteiger partial charge on any atom is -0.477 e. The Labute approximate surface area is 125 Å². The minimum absolute atomic E-state index is 0.0401. The van der Waals surface area contributed by atoms with Gasteiger partial charge in [0.05, 0.1) is 11.4 Å². The number of anilines is 3. The number of nitrogens with zero attached hydrogens (tertiary/aromatic N) is 3. The van der Waals surface area contributed by atoms with Crippen LogP contribution in [0.5, 0.6) is 0 Å². The van der Waals surface area contributed by atoms with Crippen LogP contribution in [0.3, 0.4) is 0 Å². The molecule has 3 N–H and O–H groups in total. The number of carbonyl (C=O) groups is 3. The second-order valence-corrected chi connectivity index (χ2v) is 4.58. The minimum atomic E-state index is -1.28. The molecule has 0 saturated heterocycles. The van der Waals surface area contributed by atoms with Crippen molar-refractivity contribution in [2.75, 3.05) is 10.2 Å². The predicted molar refractivity (Wildman–Crippen MR) is 77.6 cm³/mol. The van der Waals surface area contributed by atoms with Gasteiger partial charge in [-0.3, -0.25) is 4.79 Å². The van der Waals surface area contributed by atoms with Crippen LogP contribution in [0.25, 0.3) is 0 Å². The SMILES string of the molecule is Cn1cc(N(C(=O)O)c2cc(NC=O)cn2C)cc1C(=O)O. The number of carboxylic acids is 1. The van der Waals surface area contributed by atoms with Gasteiger partial charge in [0.25, 0.3) is 0 Å². The molecule has 2 amide bonds. The van der Waals surface area contributed by atoms with Crippen LogP contribution in [0.1, 0.15) is 10.5 Å². The van der Waals surface area contributed by atoms with Gasteiger partial charge in [0.1, 0.15) is 11.5 Å². The molecule has 0 spiro atoms. The van der Waals surface area contributed by atoms with Gasteiger partial charge in [-0.05, 0) is 6.07 Å². The Morgan fingerprint density at radius 3 is 2.36 bits per heavy atom. The average molecular weight is 306 g/mol. The van der Waals surface area contributed by atoms with Crippen LogP contribution in [0.15, 0.2) is 24.5 Å². The molecule has 2 aromatic rings. The van der Waals surface area contributed by atoms with Crippen molar-refractivity contribution >= 4 is 35.7 Å². The fourth-order valence-electron chi connectivity index (χ4n) is 2.14. The Kier molecular flexibility index (Phi) is 3.89. The molecule has 0 saturated carbocycles. The Balaban J connectivity index is 2.51. The van der Waals surface area contributed by atoms with E-state index in [0.29, 0.717) is 12.1 Å². The molecule has 9 nitrogen and oxygen atoms in total. The second-order valence-electron chi connectivity index (χ2n) is 4.58. The fraction of sp³-hybridized carbons (Fsp3) is 0.154. The molecule has 116 valence electrons. The molecule has 0 aliphatic carbocycles. The summed E-state index contributed by atoms with van der Waals surface area (Å²) in [4.78, 5) is 34.1. The number of amides is 2. The van der Waals surface area contributed by atoms with Gasteiger partial charge in [0.15, 0.2) is 0 Å². The Morgan fingerprint density at radius 1 is 1.18 bits per heavy atom. The van der Waals surface area contributed by atoms with Gasteiger partial charge >= 0.3 is 12.1 Å². The van der Waals surface area contributed by atoms with Crippen LogP contribution in [0.4, 0.5) is 22.0 Å². The van der Waals surface area contributed by atoms with Gasteiger partial charge in [0, 0.05) is 32.6 Å². The molecule has 0 bridgehead atoms. The third-order valence-electron chi connectivity index (χ3n) is 3.09. The van der Waals surface area contributed by atoms with E-state index in [-0.39, 0.29) is 17.2 Å². The van der Waals surface area contributed by atoms with Crippen molar-refractivity contribution in [2.45, 2.75) is 0 Å². The number of hydrogen-bond donors (Lipinski definition) is 3. The first-order valence-electron chi connectivity index (χ1n) is 6.14. The molecule has 2 aromatic heterocycles. The summed E-state index contributed by atoms with van der Waals surface area (Å²) >= 11 is 0. The number of aryl methyl sites for hydroxylation is 2. The van der Waals surface area contributed by atoms with E-state index in [1.165, 1.54) is 34.5 Å². The molecule has 0 aliphatic rings. The Morgan fingerprint density at radius 2 is 1.86 bits per heavy atom. The predicted octanol–water partition coefficient (Wildman–Crippen LogP) is 1.45. The van der Waals surface area contributed by atoms with Gasteiger partial charge in [-0.2, -0.15) is 0 Å². The van der Waals surface area contributed by atoms with Gasteiger partial charge in [-0.1, -0.05) is 0 Å². The van der Waals surface area contributed by atoms with Crippen molar-refractivity contribution < 1.29 is 24.6 Å². The molecule has 2 heterocycles. The molecular formula is C13H14N4O5. The van der Waals surface area contributed by atoms with E-state index >= 15 is 0 Å². The lowest BCUT2D eigenvalue weighted by molar-refractivity contribution is -0.105.